The fourth-order valence-electron chi connectivity index (χ4n) is 1.92. The van der Waals surface area contributed by atoms with Crippen LogP contribution in [0.1, 0.15) is 10.4 Å². The van der Waals surface area contributed by atoms with Gasteiger partial charge in [-0.1, -0.05) is 42.5 Å². The van der Waals surface area contributed by atoms with E-state index in [1.165, 1.54) is 21.6 Å². The highest BCUT2D eigenvalue weighted by molar-refractivity contribution is 7.14. The Morgan fingerprint density at radius 1 is 1.00 bits per heavy atom. The number of carbonyl (C=O) groups is 1. The van der Waals surface area contributed by atoms with E-state index in [9.17, 15) is 9.59 Å². The number of nitrogens with zero attached hydrogens (tertiary/aromatic N) is 1. The number of allylic oxidation sites excluding steroid dienone is 1. The van der Waals surface area contributed by atoms with E-state index in [1.807, 2.05) is 42.5 Å². The molecule has 20 heavy (non-hydrogen) atoms. The molecule has 0 saturated heterocycles. The van der Waals surface area contributed by atoms with E-state index < -0.39 is 0 Å². The lowest BCUT2D eigenvalue weighted by Gasteiger charge is -1.93. The summed E-state index contributed by atoms with van der Waals surface area (Å²) in [6, 6.07) is 16.7. The minimum atomic E-state index is -0.319. The molecule has 0 atom stereocenters. The highest BCUT2D eigenvalue weighted by atomic mass is 32.1. The van der Waals surface area contributed by atoms with E-state index in [4.69, 9.17) is 0 Å². The van der Waals surface area contributed by atoms with Gasteiger partial charge in [0, 0.05) is 6.08 Å². The number of fused-ring (bicyclic) bond motifs is 1. The minimum Gasteiger partial charge on any atom is -0.268 e. The fourth-order valence-corrected chi connectivity index (χ4v) is 2.84. The summed E-state index contributed by atoms with van der Waals surface area (Å²) in [7, 11) is 0. The molecule has 0 aliphatic rings. The second-order valence-corrected chi connectivity index (χ2v) is 5.26. The molecular weight excluding hydrogens is 270 g/mol. The molecule has 0 unspecified atom stereocenters. The smallest absolute Gasteiger partial charge is 0.268 e. The van der Waals surface area contributed by atoms with Crippen molar-refractivity contribution in [3.63, 3.8) is 0 Å². The predicted molar refractivity (Wildman–Crippen MR) is 82.2 cm³/mol. The Morgan fingerprint density at radius 2 is 1.70 bits per heavy atom. The van der Waals surface area contributed by atoms with E-state index in [-0.39, 0.29) is 11.5 Å². The van der Waals surface area contributed by atoms with Gasteiger partial charge >= 0.3 is 0 Å². The average Bonchev–Trinajstić information content (AvgIpc) is 2.84. The maximum atomic E-state index is 12.1. The van der Waals surface area contributed by atoms with Gasteiger partial charge in [-0.15, -0.1) is 0 Å². The summed E-state index contributed by atoms with van der Waals surface area (Å²) in [4.78, 5) is 24.2. The predicted octanol–water partition coefficient (Wildman–Crippen LogP) is 3.42. The third-order valence-corrected chi connectivity index (χ3v) is 3.99. The summed E-state index contributed by atoms with van der Waals surface area (Å²) in [6.45, 7) is 0. The first-order valence-electron chi connectivity index (χ1n) is 6.14. The Hall–Kier alpha value is -2.46. The number of aromatic nitrogens is 1. The number of hydrogen-bond donors (Lipinski definition) is 0. The van der Waals surface area contributed by atoms with Crippen molar-refractivity contribution in [2.75, 3.05) is 0 Å². The highest BCUT2D eigenvalue weighted by Gasteiger charge is 2.10. The van der Waals surface area contributed by atoms with E-state index in [2.05, 4.69) is 0 Å². The van der Waals surface area contributed by atoms with Crippen molar-refractivity contribution in [2.24, 2.45) is 0 Å². The molecule has 2 aromatic carbocycles. The molecular formula is C16H11NO2S. The van der Waals surface area contributed by atoms with Gasteiger partial charge in [0.15, 0.2) is 0 Å². The van der Waals surface area contributed by atoms with Crippen molar-refractivity contribution < 1.29 is 4.79 Å². The van der Waals surface area contributed by atoms with Gasteiger partial charge in [-0.25, -0.2) is 0 Å². The summed E-state index contributed by atoms with van der Waals surface area (Å²) < 4.78 is 2.00. The number of benzene rings is 2. The maximum absolute atomic E-state index is 12.1. The van der Waals surface area contributed by atoms with E-state index in [0.29, 0.717) is 5.39 Å². The van der Waals surface area contributed by atoms with Crippen LogP contribution in [0.3, 0.4) is 0 Å². The van der Waals surface area contributed by atoms with Crippen molar-refractivity contribution in [3.8, 4) is 0 Å². The molecule has 0 fully saturated rings. The Balaban J connectivity index is 1.95. The molecule has 0 bridgehead atoms. The summed E-state index contributed by atoms with van der Waals surface area (Å²) in [5.74, 6) is -0.319. The lowest BCUT2D eigenvalue weighted by atomic mass is 10.2. The molecule has 0 amide bonds. The van der Waals surface area contributed by atoms with Gasteiger partial charge in [0.05, 0.1) is 10.1 Å². The third kappa shape index (κ3) is 2.33. The largest absolute Gasteiger partial charge is 0.275 e. The number of carbonyl (C=O) groups excluding carboxylic acids is 1. The van der Waals surface area contributed by atoms with Gasteiger partial charge in [-0.05, 0) is 35.3 Å². The molecule has 0 spiro atoms. The zero-order valence-corrected chi connectivity index (χ0v) is 11.3. The summed E-state index contributed by atoms with van der Waals surface area (Å²) in [6.07, 6.45) is 3.13. The van der Waals surface area contributed by atoms with Crippen molar-refractivity contribution in [1.29, 1.82) is 0 Å². The zero-order chi connectivity index (χ0) is 13.9. The highest BCUT2D eigenvalue weighted by Crippen LogP contribution is 2.15. The maximum Gasteiger partial charge on any atom is 0.275 e. The Labute approximate surface area is 119 Å². The van der Waals surface area contributed by atoms with Crippen LogP contribution in [0.2, 0.25) is 0 Å². The monoisotopic (exact) mass is 281 g/mol. The Bertz CT molecular complexity index is 844. The van der Waals surface area contributed by atoms with Crippen LogP contribution in [-0.2, 0) is 0 Å². The van der Waals surface area contributed by atoms with Gasteiger partial charge in [0.1, 0.15) is 0 Å². The molecule has 3 rings (SSSR count). The van der Waals surface area contributed by atoms with Crippen LogP contribution in [0, 0.1) is 0 Å². The van der Waals surface area contributed by atoms with Crippen molar-refractivity contribution in [1.82, 2.24) is 3.96 Å². The molecule has 0 aliphatic carbocycles. The van der Waals surface area contributed by atoms with Crippen LogP contribution in [0.25, 0.3) is 16.2 Å². The van der Waals surface area contributed by atoms with E-state index >= 15 is 0 Å². The van der Waals surface area contributed by atoms with Crippen molar-refractivity contribution >= 4 is 33.6 Å². The molecule has 4 heteroatoms. The first-order valence-corrected chi connectivity index (χ1v) is 6.91. The fraction of sp³-hybridized carbons (Fsp3) is 0. The van der Waals surface area contributed by atoms with E-state index in [0.717, 1.165) is 10.3 Å². The molecule has 1 aromatic heterocycles. The van der Waals surface area contributed by atoms with Crippen molar-refractivity contribution in [2.45, 2.75) is 0 Å². The van der Waals surface area contributed by atoms with Crippen LogP contribution in [0.5, 0.6) is 0 Å². The van der Waals surface area contributed by atoms with Crippen molar-refractivity contribution in [3.05, 3.63) is 76.6 Å². The van der Waals surface area contributed by atoms with Crippen LogP contribution in [0.4, 0.5) is 0 Å². The molecule has 98 valence electrons. The van der Waals surface area contributed by atoms with Crippen LogP contribution in [-0.4, -0.2) is 9.86 Å². The van der Waals surface area contributed by atoms with Crippen LogP contribution in [0.15, 0.2) is 65.5 Å². The van der Waals surface area contributed by atoms with Crippen LogP contribution >= 0.6 is 11.5 Å². The normalized spacial score (nSPS) is 11.2. The Kier molecular flexibility index (Phi) is 3.31. The SMILES string of the molecule is O=C(C=Cc1ccccc1)n1sc2ccccc2c1=O. The first kappa shape index (κ1) is 12.6. The Morgan fingerprint density at radius 3 is 2.45 bits per heavy atom. The minimum absolute atomic E-state index is 0.256. The molecule has 0 saturated carbocycles. The van der Waals surface area contributed by atoms with Gasteiger partial charge in [-0.3, -0.25) is 9.59 Å². The summed E-state index contributed by atoms with van der Waals surface area (Å²) in [5.41, 5.74) is 0.670. The molecule has 3 aromatic rings. The standard InChI is InChI=1S/C16H11NO2S/c18-15(11-10-12-6-2-1-3-7-12)17-16(19)13-8-4-5-9-14(13)20-17/h1-11H. The summed E-state index contributed by atoms with van der Waals surface area (Å²) in [5, 5.41) is 0.582. The van der Waals surface area contributed by atoms with Gasteiger partial charge < -0.3 is 0 Å². The first-order chi connectivity index (χ1) is 9.75. The second kappa shape index (κ2) is 5.27. The topological polar surface area (TPSA) is 39.1 Å². The second-order valence-electron chi connectivity index (χ2n) is 4.27. The number of rotatable bonds is 2. The van der Waals surface area contributed by atoms with Crippen LogP contribution < -0.4 is 5.56 Å². The molecule has 3 nitrogen and oxygen atoms in total. The quantitative estimate of drug-likeness (QED) is 0.675. The lowest BCUT2D eigenvalue weighted by molar-refractivity contribution is 0.0978. The average molecular weight is 281 g/mol. The molecule has 0 aliphatic heterocycles. The molecule has 0 radical (unpaired) electrons. The van der Waals surface area contributed by atoms with Gasteiger partial charge in [0.25, 0.3) is 11.5 Å². The summed E-state index contributed by atoms with van der Waals surface area (Å²) >= 11 is 1.17. The van der Waals surface area contributed by atoms with Gasteiger partial charge in [-0.2, -0.15) is 3.96 Å². The third-order valence-electron chi connectivity index (χ3n) is 2.91. The molecule has 0 N–H and O–H groups in total. The van der Waals surface area contributed by atoms with Gasteiger partial charge in [0.2, 0.25) is 0 Å². The molecule has 1 heterocycles. The zero-order valence-electron chi connectivity index (χ0n) is 10.5. The number of hydrogen-bond acceptors (Lipinski definition) is 3. The van der Waals surface area contributed by atoms with E-state index in [1.54, 1.807) is 18.2 Å². The lowest BCUT2D eigenvalue weighted by Crippen LogP contribution is -2.18.